The lowest BCUT2D eigenvalue weighted by molar-refractivity contribution is -0.121. The quantitative estimate of drug-likeness (QED) is 0.596. The van der Waals surface area contributed by atoms with Crippen molar-refractivity contribution in [2.75, 3.05) is 0 Å². The molecular formula is C22H23N5O2S. The molecule has 2 aromatic carbocycles. The van der Waals surface area contributed by atoms with E-state index in [-0.39, 0.29) is 18.4 Å². The van der Waals surface area contributed by atoms with Crippen LogP contribution >= 0.6 is 11.8 Å². The lowest BCUT2D eigenvalue weighted by atomic mass is 10.1. The number of amides is 3. The number of nitrogens with zero attached hydrogens (tertiary/aromatic N) is 3. The summed E-state index contributed by atoms with van der Waals surface area (Å²) in [4.78, 5) is 23.5. The van der Waals surface area contributed by atoms with E-state index in [1.54, 1.807) is 11.8 Å². The lowest BCUT2D eigenvalue weighted by Gasteiger charge is -2.23. The van der Waals surface area contributed by atoms with Gasteiger partial charge in [-0.15, -0.1) is 10.2 Å². The van der Waals surface area contributed by atoms with Crippen LogP contribution in [0, 0.1) is 13.8 Å². The highest BCUT2D eigenvalue weighted by Gasteiger charge is 2.27. The SMILES string of the molecule is Cc1ccc(C)c(-n2c(CC3CC(=O)NC(=O)N3)nnc2SCc2ccccc2)c1. The molecule has 0 radical (unpaired) electrons. The fraction of sp³-hybridized carbons (Fsp3) is 0.273. The van der Waals surface area contributed by atoms with Crippen LogP contribution in [0.4, 0.5) is 4.79 Å². The van der Waals surface area contributed by atoms with Crippen LogP contribution in [0.25, 0.3) is 5.69 Å². The average Bonchev–Trinajstić information content (AvgIpc) is 3.10. The van der Waals surface area contributed by atoms with E-state index in [0.29, 0.717) is 6.42 Å². The molecule has 3 aromatic rings. The number of carbonyl (C=O) groups is 2. The van der Waals surface area contributed by atoms with Gasteiger partial charge in [0, 0.05) is 24.6 Å². The van der Waals surface area contributed by atoms with E-state index in [4.69, 9.17) is 0 Å². The van der Waals surface area contributed by atoms with Crippen LogP contribution in [0.2, 0.25) is 0 Å². The van der Waals surface area contributed by atoms with E-state index in [9.17, 15) is 9.59 Å². The van der Waals surface area contributed by atoms with Gasteiger partial charge in [0.2, 0.25) is 5.91 Å². The number of urea groups is 1. The Hall–Kier alpha value is -3.13. The third-order valence-electron chi connectivity index (χ3n) is 4.97. The molecule has 3 amide bonds. The van der Waals surface area contributed by atoms with Gasteiger partial charge in [-0.1, -0.05) is 54.2 Å². The molecule has 4 rings (SSSR count). The fourth-order valence-electron chi connectivity index (χ4n) is 3.47. The second kappa shape index (κ2) is 8.71. The number of aryl methyl sites for hydroxylation is 2. The van der Waals surface area contributed by atoms with Crippen molar-refractivity contribution < 1.29 is 9.59 Å². The normalized spacial score (nSPS) is 16.3. The van der Waals surface area contributed by atoms with Crippen LogP contribution < -0.4 is 10.6 Å². The van der Waals surface area contributed by atoms with E-state index in [1.165, 1.54) is 5.56 Å². The Kier molecular flexibility index (Phi) is 5.85. The Bertz CT molecular complexity index is 1060. The molecule has 1 atom stereocenters. The third kappa shape index (κ3) is 4.54. The molecule has 8 heteroatoms. The maximum absolute atomic E-state index is 11.8. The third-order valence-corrected chi connectivity index (χ3v) is 5.97. The predicted octanol–water partition coefficient (Wildman–Crippen LogP) is 3.32. The summed E-state index contributed by atoms with van der Waals surface area (Å²) in [6, 6.07) is 15.7. The number of benzene rings is 2. The molecule has 1 aliphatic heterocycles. The zero-order valence-electron chi connectivity index (χ0n) is 16.9. The highest BCUT2D eigenvalue weighted by Crippen LogP contribution is 2.28. The summed E-state index contributed by atoms with van der Waals surface area (Å²) < 4.78 is 2.05. The molecule has 0 saturated carbocycles. The van der Waals surface area contributed by atoms with Crippen LogP contribution in [0.1, 0.15) is 28.9 Å². The maximum Gasteiger partial charge on any atom is 0.321 e. The Labute approximate surface area is 179 Å². The van der Waals surface area contributed by atoms with Crippen molar-refractivity contribution in [3.8, 4) is 5.69 Å². The Morgan fingerprint density at radius 3 is 2.67 bits per heavy atom. The first-order chi connectivity index (χ1) is 14.5. The standard InChI is InChI=1S/C22H23N5O2S/c1-14-8-9-15(2)18(10-14)27-19(11-17-12-20(28)24-21(29)23-17)25-26-22(27)30-13-16-6-4-3-5-7-16/h3-10,17H,11-13H2,1-2H3,(H2,23,24,28,29). The molecular weight excluding hydrogens is 398 g/mol. The van der Waals surface area contributed by atoms with Crippen LogP contribution in [-0.4, -0.2) is 32.7 Å². The first-order valence-corrected chi connectivity index (χ1v) is 10.8. The van der Waals surface area contributed by atoms with Crippen molar-refractivity contribution in [2.24, 2.45) is 0 Å². The number of rotatable bonds is 6. The van der Waals surface area contributed by atoms with Crippen molar-refractivity contribution >= 4 is 23.7 Å². The smallest absolute Gasteiger partial charge is 0.321 e. The number of thioether (sulfide) groups is 1. The van der Waals surface area contributed by atoms with E-state index in [0.717, 1.165) is 33.5 Å². The van der Waals surface area contributed by atoms with Gasteiger partial charge in [0.05, 0.1) is 5.69 Å². The fourth-order valence-corrected chi connectivity index (χ4v) is 4.39. The van der Waals surface area contributed by atoms with E-state index >= 15 is 0 Å². The molecule has 1 fully saturated rings. The number of nitrogens with one attached hydrogen (secondary N) is 2. The molecule has 0 aliphatic carbocycles. The van der Waals surface area contributed by atoms with E-state index in [1.807, 2.05) is 18.2 Å². The molecule has 1 aliphatic rings. The van der Waals surface area contributed by atoms with Crippen LogP contribution in [0.5, 0.6) is 0 Å². The van der Waals surface area contributed by atoms with Gasteiger partial charge in [-0.25, -0.2) is 4.79 Å². The molecule has 1 unspecified atom stereocenters. The van der Waals surface area contributed by atoms with Gasteiger partial charge in [-0.05, 0) is 36.6 Å². The molecule has 7 nitrogen and oxygen atoms in total. The van der Waals surface area contributed by atoms with Gasteiger partial charge in [0.1, 0.15) is 5.82 Å². The summed E-state index contributed by atoms with van der Waals surface area (Å²) in [5.74, 6) is 1.21. The molecule has 1 aromatic heterocycles. The Morgan fingerprint density at radius 1 is 1.10 bits per heavy atom. The highest BCUT2D eigenvalue weighted by molar-refractivity contribution is 7.98. The van der Waals surface area contributed by atoms with Crippen LogP contribution in [0.15, 0.2) is 53.7 Å². The van der Waals surface area contributed by atoms with Crippen molar-refractivity contribution in [1.29, 1.82) is 0 Å². The van der Waals surface area contributed by atoms with Crippen LogP contribution in [-0.2, 0) is 17.0 Å². The molecule has 0 bridgehead atoms. The molecule has 2 N–H and O–H groups in total. The van der Waals surface area contributed by atoms with E-state index in [2.05, 4.69) is 69.6 Å². The molecule has 2 heterocycles. The van der Waals surface area contributed by atoms with Gasteiger partial charge in [0.15, 0.2) is 5.16 Å². The van der Waals surface area contributed by atoms with Crippen molar-refractivity contribution in [2.45, 2.75) is 43.6 Å². The number of hydrogen-bond acceptors (Lipinski definition) is 5. The predicted molar refractivity (Wildman–Crippen MR) is 116 cm³/mol. The number of aromatic nitrogens is 3. The first kappa shape index (κ1) is 20.2. The zero-order valence-corrected chi connectivity index (χ0v) is 17.7. The van der Waals surface area contributed by atoms with Crippen LogP contribution in [0.3, 0.4) is 0 Å². The second-order valence-electron chi connectivity index (χ2n) is 7.43. The first-order valence-electron chi connectivity index (χ1n) is 9.78. The Balaban J connectivity index is 1.67. The number of carbonyl (C=O) groups excluding carboxylic acids is 2. The molecule has 30 heavy (non-hydrogen) atoms. The van der Waals surface area contributed by atoms with Crippen molar-refractivity contribution in [3.63, 3.8) is 0 Å². The minimum Gasteiger partial charge on any atom is -0.334 e. The molecule has 154 valence electrons. The van der Waals surface area contributed by atoms with Crippen molar-refractivity contribution in [3.05, 3.63) is 71.0 Å². The van der Waals surface area contributed by atoms with Crippen molar-refractivity contribution in [1.82, 2.24) is 25.4 Å². The van der Waals surface area contributed by atoms with Gasteiger partial charge >= 0.3 is 6.03 Å². The van der Waals surface area contributed by atoms with Gasteiger partial charge < -0.3 is 5.32 Å². The summed E-state index contributed by atoms with van der Waals surface area (Å²) in [5, 5.41) is 14.7. The monoisotopic (exact) mass is 421 g/mol. The second-order valence-corrected chi connectivity index (χ2v) is 8.37. The summed E-state index contributed by atoms with van der Waals surface area (Å²) in [6.45, 7) is 4.11. The molecule has 1 saturated heterocycles. The highest BCUT2D eigenvalue weighted by atomic mass is 32.2. The zero-order chi connectivity index (χ0) is 21.1. The minimum absolute atomic E-state index is 0.220. The minimum atomic E-state index is -0.465. The van der Waals surface area contributed by atoms with E-state index < -0.39 is 6.03 Å². The summed E-state index contributed by atoms with van der Waals surface area (Å²) >= 11 is 1.62. The number of hydrogen-bond donors (Lipinski definition) is 2. The molecule has 0 spiro atoms. The largest absolute Gasteiger partial charge is 0.334 e. The summed E-state index contributed by atoms with van der Waals surface area (Å²) in [5.41, 5.74) is 4.46. The van der Waals surface area contributed by atoms with Gasteiger partial charge in [-0.3, -0.25) is 14.7 Å². The maximum atomic E-state index is 11.8. The van der Waals surface area contributed by atoms with Gasteiger partial charge in [0.25, 0.3) is 0 Å². The summed E-state index contributed by atoms with van der Waals surface area (Å²) in [7, 11) is 0. The lowest BCUT2D eigenvalue weighted by Crippen LogP contribution is -2.53. The number of imide groups is 1. The Morgan fingerprint density at radius 2 is 1.90 bits per heavy atom. The topological polar surface area (TPSA) is 88.9 Å². The van der Waals surface area contributed by atoms with Gasteiger partial charge in [-0.2, -0.15) is 0 Å². The average molecular weight is 422 g/mol. The summed E-state index contributed by atoms with van der Waals surface area (Å²) in [6.07, 6.45) is 0.642.